The van der Waals surface area contributed by atoms with Crippen molar-refractivity contribution in [3.8, 4) is 6.07 Å². The molecule has 8 heteroatoms. The first-order valence-electron chi connectivity index (χ1n) is 9.62. The van der Waals surface area contributed by atoms with Crippen molar-refractivity contribution in [1.29, 1.82) is 5.26 Å². The van der Waals surface area contributed by atoms with E-state index in [4.69, 9.17) is 9.68 Å². The maximum absolute atomic E-state index is 13.7. The first kappa shape index (κ1) is 17.6. The molecule has 3 heterocycles. The van der Waals surface area contributed by atoms with Crippen molar-refractivity contribution >= 4 is 22.7 Å². The largest absolute Gasteiger partial charge is 0.439 e. The fourth-order valence-electron chi connectivity index (χ4n) is 3.69. The summed E-state index contributed by atoms with van der Waals surface area (Å²) in [5.74, 6) is 0.468. The molecule has 29 heavy (non-hydrogen) atoms. The SMILES string of the molecule is N#Cc1cc(F)cc(N2CCN(C(=O)c3cncc4nc(C5CC5)oc34)CC2)c1. The number of amides is 1. The second-order valence-corrected chi connectivity index (χ2v) is 7.45. The Hall–Kier alpha value is -3.47. The van der Waals surface area contributed by atoms with Gasteiger partial charge in [-0.25, -0.2) is 9.37 Å². The third-order valence-electron chi connectivity index (χ3n) is 5.42. The summed E-state index contributed by atoms with van der Waals surface area (Å²) in [6.07, 6.45) is 5.29. The fourth-order valence-corrected chi connectivity index (χ4v) is 3.69. The van der Waals surface area contributed by atoms with Crippen LogP contribution < -0.4 is 4.90 Å². The van der Waals surface area contributed by atoms with Crippen LogP contribution in [0.3, 0.4) is 0 Å². The molecule has 1 aliphatic heterocycles. The molecule has 5 rings (SSSR count). The van der Waals surface area contributed by atoms with Crippen LogP contribution in [0.25, 0.3) is 11.1 Å². The fraction of sp³-hybridized carbons (Fsp3) is 0.333. The number of carbonyl (C=O) groups is 1. The van der Waals surface area contributed by atoms with Crippen LogP contribution in [0.5, 0.6) is 0 Å². The van der Waals surface area contributed by atoms with E-state index in [2.05, 4.69) is 9.97 Å². The van der Waals surface area contributed by atoms with E-state index in [1.807, 2.05) is 11.0 Å². The summed E-state index contributed by atoms with van der Waals surface area (Å²) < 4.78 is 19.6. The Kier molecular flexibility index (Phi) is 4.16. The van der Waals surface area contributed by atoms with Crippen molar-refractivity contribution in [2.45, 2.75) is 18.8 Å². The number of carbonyl (C=O) groups excluding carboxylic acids is 1. The lowest BCUT2D eigenvalue weighted by molar-refractivity contribution is 0.0747. The molecule has 0 N–H and O–H groups in total. The topological polar surface area (TPSA) is 86.3 Å². The number of aromatic nitrogens is 2. The van der Waals surface area contributed by atoms with Gasteiger partial charge in [-0.05, 0) is 31.0 Å². The van der Waals surface area contributed by atoms with Crippen molar-refractivity contribution in [2.75, 3.05) is 31.1 Å². The van der Waals surface area contributed by atoms with E-state index in [1.165, 1.54) is 18.3 Å². The van der Waals surface area contributed by atoms with Gasteiger partial charge in [0.1, 0.15) is 16.9 Å². The second kappa shape index (κ2) is 6.85. The van der Waals surface area contributed by atoms with Crippen molar-refractivity contribution in [3.05, 3.63) is 53.4 Å². The van der Waals surface area contributed by atoms with E-state index < -0.39 is 5.82 Å². The third kappa shape index (κ3) is 3.29. The number of halogens is 1. The number of anilines is 1. The molecule has 0 spiro atoms. The van der Waals surface area contributed by atoms with Gasteiger partial charge in [-0.3, -0.25) is 9.78 Å². The average Bonchev–Trinajstić information content (AvgIpc) is 3.51. The van der Waals surface area contributed by atoms with E-state index in [9.17, 15) is 9.18 Å². The second-order valence-electron chi connectivity index (χ2n) is 7.45. The molecule has 7 nitrogen and oxygen atoms in total. The van der Waals surface area contributed by atoms with Gasteiger partial charge in [-0.15, -0.1) is 0 Å². The quantitative estimate of drug-likeness (QED) is 0.682. The zero-order chi connectivity index (χ0) is 20.0. The normalized spacial score (nSPS) is 16.8. The molecule has 0 bridgehead atoms. The number of rotatable bonds is 3. The zero-order valence-corrected chi connectivity index (χ0v) is 15.6. The molecular weight excluding hydrogens is 373 g/mol. The van der Waals surface area contributed by atoms with Crippen LogP contribution in [0.4, 0.5) is 10.1 Å². The number of piperazine rings is 1. The predicted octanol–water partition coefficient (Wildman–Crippen LogP) is 3.07. The van der Waals surface area contributed by atoms with E-state index in [0.29, 0.717) is 60.3 Å². The highest BCUT2D eigenvalue weighted by atomic mass is 19.1. The Morgan fingerprint density at radius 1 is 1.17 bits per heavy atom. The Morgan fingerprint density at radius 3 is 2.69 bits per heavy atom. The van der Waals surface area contributed by atoms with E-state index >= 15 is 0 Å². The molecule has 146 valence electrons. The number of oxazole rings is 1. The molecule has 2 aromatic heterocycles. The summed E-state index contributed by atoms with van der Waals surface area (Å²) in [7, 11) is 0. The first-order valence-corrected chi connectivity index (χ1v) is 9.62. The minimum Gasteiger partial charge on any atom is -0.439 e. The highest BCUT2D eigenvalue weighted by Crippen LogP contribution is 2.40. The van der Waals surface area contributed by atoms with E-state index in [1.54, 1.807) is 17.2 Å². The van der Waals surface area contributed by atoms with E-state index in [0.717, 1.165) is 12.8 Å². The molecule has 1 saturated heterocycles. The van der Waals surface area contributed by atoms with Gasteiger partial charge in [-0.2, -0.15) is 5.26 Å². The van der Waals surface area contributed by atoms with Gasteiger partial charge >= 0.3 is 0 Å². The zero-order valence-electron chi connectivity index (χ0n) is 15.6. The number of hydrogen-bond donors (Lipinski definition) is 0. The van der Waals surface area contributed by atoms with Gasteiger partial charge in [-0.1, -0.05) is 0 Å². The minimum atomic E-state index is -0.438. The summed E-state index contributed by atoms with van der Waals surface area (Å²) in [6.45, 7) is 2.06. The monoisotopic (exact) mass is 391 g/mol. The van der Waals surface area contributed by atoms with Crippen LogP contribution in [0.2, 0.25) is 0 Å². The Morgan fingerprint density at radius 2 is 1.97 bits per heavy atom. The van der Waals surface area contributed by atoms with Gasteiger partial charge in [0.2, 0.25) is 0 Å². The van der Waals surface area contributed by atoms with Crippen molar-refractivity contribution in [3.63, 3.8) is 0 Å². The first-order chi connectivity index (χ1) is 14.1. The lowest BCUT2D eigenvalue weighted by Gasteiger charge is -2.36. The molecule has 3 aromatic rings. The highest BCUT2D eigenvalue weighted by Gasteiger charge is 2.31. The number of nitrogens with zero attached hydrogens (tertiary/aromatic N) is 5. The van der Waals surface area contributed by atoms with Crippen LogP contribution in [0.15, 0.2) is 35.0 Å². The number of pyridine rings is 1. The summed E-state index contributed by atoms with van der Waals surface area (Å²) in [5, 5.41) is 9.04. The lowest BCUT2D eigenvalue weighted by Crippen LogP contribution is -2.48. The Balaban J connectivity index is 1.33. The molecule has 0 unspecified atom stereocenters. The predicted molar refractivity (Wildman–Crippen MR) is 103 cm³/mol. The maximum atomic E-state index is 13.7. The standard InChI is InChI=1S/C21H18FN5O2/c22-15-7-13(10-23)8-16(9-15)26-3-5-27(6-4-26)21(28)17-11-24-12-18-19(17)29-20(25-18)14-1-2-14/h7-9,11-12,14H,1-6H2. The Bertz CT molecular complexity index is 1140. The van der Waals surface area contributed by atoms with Crippen LogP contribution in [-0.4, -0.2) is 47.0 Å². The lowest BCUT2D eigenvalue weighted by atomic mass is 10.1. The van der Waals surface area contributed by atoms with Crippen molar-refractivity contribution < 1.29 is 13.6 Å². The molecule has 2 fully saturated rings. The smallest absolute Gasteiger partial charge is 0.259 e. The van der Waals surface area contributed by atoms with Crippen LogP contribution in [0, 0.1) is 17.1 Å². The minimum absolute atomic E-state index is 0.141. The maximum Gasteiger partial charge on any atom is 0.259 e. The van der Waals surface area contributed by atoms with Gasteiger partial charge in [0.15, 0.2) is 11.5 Å². The molecule has 1 saturated carbocycles. The van der Waals surface area contributed by atoms with Gasteiger partial charge < -0.3 is 14.2 Å². The Labute approximate surface area is 166 Å². The number of hydrogen-bond acceptors (Lipinski definition) is 6. The van der Waals surface area contributed by atoms with Gasteiger partial charge in [0.25, 0.3) is 5.91 Å². The number of nitriles is 1. The van der Waals surface area contributed by atoms with Crippen molar-refractivity contribution in [2.24, 2.45) is 0 Å². The van der Waals surface area contributed by atoms with Gasteiger partial charge in [0.05, 0.1) is 17.8 Å². The summed E-state index contributed by atoms with van der Waals surface area (Å²) >= 11 is 0. The van der Waals surface area contributed by atoms with Crippen molar-refractivity contribution in [1.82, 2.24) is 14.9 Å². The van der Waals surface area contributed by atoms with Crippen LogP contribution in [-0.2, 0) is 0 Å². The molecule has 1 amide bonds. The summed E-state index contributed by atoms with van der Waals surface area (Å²) in [5.41, 5.74) is 2.47. The van der Waals surface area contributed by atoms with Crippen LogP contribution >= 0.6 is 0 Å². The summed E-state index contributed by atoms with van der Waals surface area (Å²) in [4.78, 5) is 25.4. The van der Waals surface area contributed by atoms with Gasteiger partial charge in [0, 0.05) is 44.0 Å². The average molecular weight is 391 g/mol. The molecule has 1 aromatic carbocycles. The number of fused-ring (bicyclic) bond motifs is 1. The molecule has 2 aliphatic rings. The molecular formula is C21H18FN5O2. The molecule has 0 radical (unpaired) electrons. The number of benzene rings is 1. The summed E-state index contributed by atoms with van der Waals surface area (Å²) in [6, 6.07) is 6.26. The third-order valence-corrected chi connectivity index (χ3v) is 5.42. The molecule has 0 atom stereocenters. The van der Waals surface area contributed by atoms with Crippen LogP contribution in [0.1, 0.15) is 40.6 Å². The molecule has 1 aliphatic carbocycles. The van der Waals surface area contributed by atoms with E-state index in [-0.39, 0.29) is 11.5 Å². The highest BCUT2D eigenvalue weighted by molar-refractivity contribution is 6.03.